The summed E-state index contributed by atoms with van der Waals surface area (Å²) in [6.45, 7) is 27.9. The van der Waals surface area contributed by atoms with Gasteiger partial charge in [-0.15, -0.1) is 6.58 Å². The molecule has 2 aromatic carbocycles. The highest BCUT2D eigenvalue weighted by Crippen LogP contribution is 2.38. The van der Waals surface area contributed by atoms with E-state index in [0.29, 0.717) is 6.54 Å². The highest BCUT2D eigenvalue weighted by atomic mass is 79.9. The summed E-state index contributed by atoms with van der Waals surface area (Å²) in [6.07, 6.45) is 0.695. The third-order valence-electron chi connectivity index (χ3n) is 6.29. The molecule has 0 bridgehead atoms. The molecule has 39 heavy (non-hydrogen) atoms. The second-order valence-corrected chi connectivity index (χ2v) is 12.5. The minimum absolute atomic E-state index is 0.239. The van der Waals surface area contributed by atoms with Crippen molar-refractivity contribution in [3.63, 3.8) is 0 Å². The molecule has 0 radical (unpaired) electrons. The number of allylic oxidation sites excluding steroid dienone is 2. The minimum Gasteiger partial charge on any atom is -0.444 e. The Hall–Kier alpha value is -2.35. The predicted molar refractivity (Wildman–Crippen MR) is 169 cm³/mol. The molecular formula is C32H47BBrNO4. The normalized spacial score (nSPS) is 15.2. The summed E-state index contributed by atoms with van der Waals surface area (Å²) in [6, 6.07) is 16.2. The monoisotopic (exact) mass is 599 g/mol. The molecule has 1 saturated heterocycles. The first-order chi connectivity index (χ1) is 17.9. The molecule has 0 spiro atoms. The van der Waals surface area contributed by atoms with Crippen LogP contribution >= 0.6 is 15.9 Å². The van der Waals surface area contributed by atoms with Gasteiger partial charge in [0, 0.05) is 11.0 Å². The molecular weight excluding hydrogens is 553 g/mol. The van der Waals surface area contributed by atoms with Crippen molar-refractivity contribution in [2.45, 2.75) is 99.0 Å². The van der Waals surface area contributed by atoms with Gasteiger partial charge in [0.15, 0.2) is 0 Å². The van der Waals surface area contributed by atoms with Gasteiger partial charge in [0.05, 0.1) is 11.2 Å². The molecule has 5 nitrogen and oxygen atoms in total. The molecule has 3 rings (SSSR count). The van der Waals surface area contributed by atoms with E-state index in [9.17, 15) is 4.79 Å². The van der Waals surface area contributed by atoms with Gasteiger partial charge < -0.3 is 19.4 Å². The lowest BCUT2D eigenvalue weighted by molar-refractivity contribution is 0.00578. The van der Waals surface area contributed by atoms with E-state index in [1.54, 1.807) is 0 Å². The number of hydrogen-bond acceptors (Lipinski definition) is 4. The van der Waals surface area contributed by atoms with Crippen LogP contribution in [0.5, 0.6) is 0 Å². The maximum atomic E-state index is 11.6. The Morgan fingerprint density at radius 2 is 1.44 bits per heavy atom. The number of rotatable bonds is 5. The molecule has 1 fully saturated rings. The maximum absolute atomic E-state index is 11.6. The number of nitrogens with one attached hydrogen (secondary N) is 1. The predicted octanol–water partition coefficient (Wildman–Crippen LogP) is 8.95. The van der Waals surface area contributed by atoms with Crippen molar-refractivity contribution in [3.8, 4) is 0 Å². The van der Waals surface area contributed by atoms with Crippen molar-refractivity contribution < 1.29 is 18.8 Å². The molecule has 2 aromatic rings. The number of carbonyl (C=O) groups is 1. The molecule has 1 amide bonds. The summed E-state index contributed by atoms with van der Waals surface area (Å²) in [4.78, 5) is 11.6. The number of carbonyl (C=O) groups excluding carboxylic acids is 1. The molecule has 0 aliphatic carbocycles. The van der Waals surface area contributed by atoms with Crippen molar-refractivity contribution in [1.29, 1.82) is 0 Å². The third-order valence-corrected chi connectivity index (χ3v) is 7.07. The van der Waals surface area contributed by atoms with Gasteiger partial charge in [-0.2, -0.15) is 0 Å². The molecule has 1 N–H and O–H groups in total. The first-order valence-corrected chi connectivity index (χ1v) is 14.1. The summed E-state index contributed by atoms with van der Waals surface area (Å²) < 4.78 is 17.8. The lowest BCUT2D eigenvalue weighted by atomic mass is 9.81. The first kappa shape index (κ1) is 34.7. The van der Waals surface area contributed by atoms with Crippen LogP contribution in [0.3, 0.4) is 0 Å². The standard InChI is InChI=1S/C15H21NO2.C9H17BO2.C8H9Br/c1-11(2)13-9-7-6-8-12(13)10-16-14(17)18-15(3,4)5;1-7(2)10-11-8(3,4)9(5,6)12-10;1-2-7-5-3-4-6-8(7)9/h6-9H,1,10H2,2-5H3,(H,16,17);1H2,2-6H3;3-6H,2H2,1H3. The number of alkyl carbamates (subject to hydrolysis) is 1. The fourth-order valence-corrected chi connectivity index (χ4v) is 3.97. The molecule has 0 atom stereocenters. The maximum Gasteiger partial charge on any atom is 0.489 e. The molecule has 0 aromatic heterocycles. The largest absolute Gasteiger partial charge is 0.489 e. The SMILES string of the molecule is C=C(C)B1OC(C)(C)C(C)(C)O1.C=C(C)c1ccccc1CNC(=O)OC(C)(C)C.CCc1ccccc1Br. The van der Waals surface area contributed by atoms with Gasteiger partial charge in [-0.05, 0) is 91.5 Å². The Balaban J connectivity index is 0.000000312. The molecule has 1 aliphatic rings. The van der Waals surface area contributed by atoms with Crippen LogP contribution in [0.25, 0.3) is 5.57 Å². The van der Waals surface area contributed by atoms with Gasteiger partial charge in [0.2, 0.25) is 0 Å². The first-order valence-electron chi connectivity index (χ1n) is 13.3. The van der Waals surface area contributed by atoms with E-state index in [4.69, 9.17) is 14.0 Å². The zero-order chi connectivity index (χ0) is 30.0. The van der Waals surface area contributed by atoms with Crippen LogP contribution in [0.15, 0.2) is 71.6 Å². The van der Waals surface area contributed by atoms with Crippen molar-refractivity contribution in [1.82, 2.24) is 5.32 Å². The minimum atomic E-state index is -0.474. The van der Waals surface area contributed by atoms with E-state index in [1.165, 1.54) is 10.0 Å². The Morgan fingerprint density at radius 1 is 0.949 bits per heavy atom. The van der Waals surface area contributed by atoms with E-state index < -0.39 is 11.7 Å². The summed E-state index contributed by atoms with van der Waals surface area (Å²) in [5, 5.41) is 2.75. The van der Waals surface area contributed by atoms with E-state index in [-0.39, 0.29) is 18.3 Å². The lowest BCUT2D eigenvalue weighted by Gasteiger charge is -2.32. The lowest BCUT2D eigenvalue weighted by Crippen LogP contribution is -2.41. The molecule has 7 heteroatoms. The van der Waals surface area contributed by atoms with Gasteiger partial charge in [0.1, 0.15) is 5.60 Å². The van der Waals surface area contributed by atoms with Crippen LogP contribution in [-0.4, -0.2) is 30.0 Å². The Labute approximate surface area is 245 Å². The zero-order valence-electron chi connectivity index (χ0n) is 25.5. The van der Waals surface area contributed by atoms with Crippen molar-refractivity contribution in [2.75, 3.05) is 0 Å². The number of halogens is 1. The molecule has 1 heterocycles. The van der Waals surface area contributed by atoms with Gasteiger partial charge in [-0.25, -0.2) is 4.79 Å². The van der Waals surface area contributed by atoms with E-state index >= 15 is 0 Å². The van der Waals surface area contributed by atoms with Crippen LogP contribution in [-0.2, 0) is 27.0 Å². The van der Waals surface area contributed by atoms with Gasteiger partial charge in [-0.1, -0.05) is 82.9 Å². The quantitative estimate of drug-likeness (QED) is 0.348. The van der Waals surface area contributed by atoms with Crippen molar-refractivity contribution in [3.05, 3.63) is 88.3 Å². The number of aryl methyl sites for hydroxylation is 1. The van der Waals surface area contributed by atoms with Crippen LogP contribution in [0.1, 0.15) is 85.9 Å². The Kier molecular flexibility index (Phi) is 13.2. The summed E-state index contributed by atoms with van der Waals surface area (Å²) in [5.74, 6) is 0. The number of amides is 1. The fourth-order valence-electron chi connectivity index (χ4n) is 3.40. The van der Waals surface area contributed by atoms with Crippen LogP contribution < -0.4 is 5.32 Å². The summed E-state index contributed by atoms with van der Waals surface area (Å²) >= 11 is 3.46. The van der Waals surface area contributed by atoms with Crippen molar-refractivity contribution >= 4 is 34.7 Å². The number of hydrogen-bond donors (Lipinski definition) is 1. The fraction of sp³-hybridized carbons (Fsp3) is 0.469. The van der Waals surface area contributed by atoms with Gasteiger partial charge in [0.25, 0.3) is 0 Å². The van der Waals surface area contributed by atoms with Crippen LogP contribution in [0.4, 0.5) is 4.79 Å². The number of ether oxygens (including phenoxy) is 1. The van der Waals surface area contributed by atoms with E-state index in [0.717, 1.165) is 28.6 Å². The highest BCUT2D eigenvalue weighted by Gasteiger charge is 2.51. The van der Waals surface area contributed by atoms with Crippen molar-refractivity contribution in [2.24, 2.45) is 0 Å². The average molecular weight is 600 g/mol. The summed E-state index contributed by atoms with van der Waals surface area (Å²) in [5.41, 5.74) is 4.43. The number of benzene rings is 2. The van der Waals surface area contributed by atoms with E-state index in [2.05, 4.69) is 59.5 Å². The van der Waals surface area contributed by atoms with Crippen LogP contribution in [0, 0.1) is 0 Å². The molecule has 1 aliphatic heterocycles. The van der Waals surface area contributed by atoms with Crippen LogP contribution in [0.2, 0.25) is 0 Å². The molecule has 214 valence electrons. The highest BCUT2D eigenvalue weighted by molar-refractivity contribution is 9.10. The van der Waals surface area contributed by atoms with Gasteiger partial charge >= 0.3 is 13.2 Å². The molecule has 0 saturated carbocycles. The zero-order valence-corrected chi connectivity index (χ0v) is 27.1. The topological polar surface area (TPSA) is 56.8 Å². The third kappa shape index (κ3) is 11.7. The molecule has 0 unspecified atom stereocenters. The second kappa shape index (κ2) is 14.9. The Bertz CT molecular complexity index is 1110. The Morgan fingerprint density at radius 3 is 1.82 bits per heavy atom. The smallest absolute Gasteiger partial charge is 0.444 e. The summed E-state index contributed by atoms with van der Waals surface area (Å²) in [7, 11) is -0.241. The average Bonchev–Trinajstić information content (AvgIpc) is 3.05. The second-order valence-electron chi connectivity index (χ2n) is 11.7. The van der Waals surface area contributed by atoms with Gasteiger partial charge in [-0.3, -0.25) is 0 Å². The van der Waals surface area contributed by atoms with E-state index in [1.807, 2.05) is 92.6 Å².